The van der Waals surface area contributed by atoms with Gasteiger partial charge in [0, 0.05) is 25.5 Å². The van der Waals surface area contributed by atoms with Crippen LogP contribution in [0.4, 0.5) is 4.79 Å². The highest BCUT2D eigenvalue weighted by Gasteiger charge is 2.23. The second-order valence-electron chi connectivity index (χ2n) is 3.57. The fraction of sp³-hybridized carbons (Fsp3) is 0.556. The molecule has 0 bridgehead atoms. The number of nitrogens with two attached hydrogens (primary N) is 1. The molecular formula is C9H14N4O. The molecule has 0 spiro atoms. The number of likely N-dealkylation sites (tertiary alicyclic amines) is 1. The Morgan fingerprint density at radius 3 is 3.07 bits per heavy atom. The van der Waals surface area contributed by atoms with Crippen molar-refractivity contribution in [3.8, 4) is 0 Å². The van der Waals surface area contributed by atoms with Crippen molar-refractivity contribution < 1.29 is 4.79 Å². The first-order valence-electron chi connectivity index (χ1n) is 4.81. The van der Waals surface area contributed by atoms with E-state index < -0.39 is 0 Å². The number of aromatic nitrogens is 2. The van der Waals surface area contributed by atoms with Gasteiger partial charge in [-0.2, -0.15) is 5.10 Å². The average molecular weight is 194 g/mol. The quantitative estimate of drug-likeness (QED) is 0.711. The van der Waals surface area contributed by atoms with E-state index in [2.05, 4.69) is 5.10 Å². The molecule has 5 heteroatoms. The van der Waals surface area contributed by atoms with Crippen molar-refractivity contribution >= 4 is 6.03 Å². The van der Waals surface area contributed by atoms with Gasteiger partial charge in [0.1, 0.15) is 0 Å². The van der Waals surface area contributed by atoms with Crippen molar-refractivity contribution in [1.82, 2.24) is 14.7 Å². The van der Waals surface area contributed by atoms with Crippen LogP contribution >= 0.6 is 0 Å². The van der Waals surface area contributed by atoms with Gasteiger partial charge in [-0.15, -0.1) is 0 Å². The van der Waals surface area contributed by atoms with Gasteiger partial charge in [0.15, 0.2) is 0 Å². The molecule has 14 heavy (non-hydrogen) atoms. The van der Waals surface area contributed by atoms with Gasteiger partial charge in [-0.3, -0.25) is 4.68 Å². The lowest BCUT2D eigenvalue weighted by atomic mass is 10.1. The number of nitrogens with zero attached hydrogens (tertiary/aromatic N) is 3. The van der Waals surface area contributed by atoms with E-state index in [4.69, 9.17) is 5.73 Å². The minimum atomic E-state index is -0.332. The highest BCUT2D eigenvalue weighted by Crippen LogP contribution is 2.19. The molecule has 2 heterocycles. The number of urea groups is 1. The van der Waals surface area contributed by atoms with Crippen LogP contribution in [0.25, 0.3) is 0 Å². The van der Waals surface area contributed by atoms with Crippen molar-refractivity contribution in [1.29, 1.82) is 0 Å². The Morgan fingerprint density at radius 2 is 2.43 bits per heavy atom. The van der Waals surface area contributed by atoms with Gasteiger partial charge in [0.05, 0.1) is 6.04 Å². The predicted molar refractivity (Wildman–Crippen MR) is 51.7 cm³/mol. The number of hydrogen-bond donors (Lipinski definition) is 1. The molecule has 1 fully saturated rings. The second kappa shape index (κ2) is 3.69. The van der Waals surface area contributed by atoms with Crippen molar-refractivity contribution in [3.05, 3.63) is 18.5 Å². The first kappa shape index (κ1) is 9.05. The van der Waals surface area contributed by atoms with E-state index in [9.17, 15) is 4.79 Å². The van der Waals surface area contributed by atoms with Crippen LogP contribution < -0.4 is 5.73 Å². The van der Waals surface area contributed by atoms with Gasteiger partial charge in [-0.05, 0) is 18.9 Å². The van der Waals surface area contributed by atoms with Gasteiger partial charge in [0.25, 0.3) is 0 Å². The summed E-state index contributed by atoms with van der Waals surface area (Å²) < 4.78 is 1.90. The van der Waals surface area contributed by atoms with E-state index in [0.29, 0.717) is 6.54 Å². The molecule has 1 unspecified atom stereocenters. The monoisotopic (exact) mass is 194 g/mol. The minimum Gasteiger partial charge on any atom is -0.351 e. The first-order chi connectivity index (χ1) is 6.77. The Bertz CT molecular complexity index is 309. The Kier molecular flexibility index (Phi) is 2.39. The van der Waals surface area contributed by atoms with Gasteiger partial charge >= 0.3 is 6.03 Å². The largest absolute Gasteiger partial charge is 0.351 e. The molecule has 76 valence electrons. The molecule has 2 rings (SSSR count). The molecule has 1 atom stereocenters. The maximum Gasteiger partial charge on any atom is 0.314 e. The van der Waals surface area contributed by atoms with Crippen LogP contribution in [-0.4, -0.2) is 33.8 Å². The molecule has 0 aliphatic carbocycles. The van der Waals surface area contributed by atoms with Crippen molar-refractivity contribution in [2.24, 2.45) is 5.73 Å². The third-order valence-corrected chi connectivity index (χ3v) is 2.61. The summed E-state index contributed by atoms with van der Waals surface area (Å²) in [5, 5.41) is 4.17. The van der Waals surface area contributed by atoms with Crippen molar-refractivity contribution in [2.45, 2.75) is 18.9 Å². The molecule has 5 nitrogen and oxygen atoms in total. The normalized spacial score (nSPS) is 22.3. The molecule has 1 aromatic heterocycles. The maximum absolute atomic E-state index is 11.0. The summed E-state index contributed by atoms with van der Waals surface area (Å²) in [4.78, 5) is 12.7. The summed E-state index contributed by atoms with van der Waals surface area (Å²) in [6, 6.07) is 1.84. The first-order valence-corrected chi connectivity index (χ1v) is 4.81. The minimum absolute atomic E-state index is 0.284. The van der Waals surface area contributed by atoms with Crippen LogP contribution in [0.1, 0.15) is 18.9 Å². The molecule has 1 aliphatic heterocycles. The second-order valence-corrected chi connectivity index (χ2v) is 3.57. The Morgan fingerprint density at radius 1 is 1.57 bits per heavy atom. The fourth-order valence-corrected chi connectivity index (χ4v) is 1.87. The van der Waals surface area contributed by atoms with Gasteiger partial charge in [0.2, 0.25) is 0 Å². The summed E-state index contributed by atoms with van der Waals surface area (Å²) in [6.07, 6.45) is 5.73. The van der Waals surface area contributed by atoms with Crippen molar-refractivity contribution in [3.63, 3.8) is 0 Å². The predicted octanol–water partition coefficient (Wildman–Crippen LogP) is 0.599. The lowest BCUT2D eigenvalue weighted by molar-refractivity contribution is 0.171. The Labute approximate surface area is 82.5 Å². The third-order valence-electron chi connectivity index (χ3n) is 2.61. The topological polar surface area (TPSA) is 64.2 Å². The molecular weight excluding hydrogens is 180 g/mol. The zero-order valence-electron chi connectivity index (χ0n) is 7.97. The van der Waals surface area contributed by atoms with Crippen LogP contribution in [0.3, 0.4) is 0 Å². The van der Waals surface area contributed by atoms with Crippen LogP contribution in [0.2, 0.25) is 0 Å². The average Bonchev–Trinajstić information content (AvgIpc) is 2.71. The van der Waals surface area contributed by atoms with E-state index in [1.54, 1.807) is 11.1 Å². The van der Waals surface area contributed by atoms with Crippen LogP contribution in [0, 0.1) is 0 Å². The summed E-state index contributed by atoms with van der Waals surface area (Å²) in [7, 11) is 0. The maximum atomic E-state index is 11.0. The summed E-state index contributed by atoms with van der Waals surface area (Å²) >= 11 is 0. The third kappa shape index (κ3) is 1.71. The zero-order valence-corrected chi connectivity index (χ0v) is 7.97. The molecule has 1 aromatic rings. The smallest absolute Gasteiger partial charge is 0.314 e. The number of primary amides is 1. The molecule has 2 amide bonds. The summed E-state index contributed by atoms with van der Waals surface area (Å²) in [5.74, 6) is 0. The van der Waals surface area contributed by atoms with E-state index in [0.717, 1.165) is 19.4 Å². The summed E-state index contributed by atoms with van der Waals surface area (Å²) in [6.45, 7) is 1.45. The molecule has 1 saturated heterocycles. The Hall–Kier alpha value is -1.52. The molecule has 0 radical (unpaired) electrons. The number of piperidine rings is 1. The number of carbonyl (C=O) groups excluding carboxylic acids is 1. The number of rotatable bonds is 1. The van der Waals surface area contributed by atoms with E-state index in [1.807, 2.05) is 16.9 Å². The van der Waals surface area contributed by atoms with E-state index in [1.165, 1.54) is 0 Å². The Balaban J connectivity index is 2.04. The van der Waals surface area contributed by atoms with Gasteiger partial charge in [-0.1, -0.05) is 0 Å². The van der Waals surface area contributed by atoms with E-state index >= 15 is 0 Å². The van der Waals surface area contributed by atoms with Gasteiger partial charge in [-0.25, -0.2) is 4.79 Å². The van der Waals surface area contributed by atoms with Crippen LogP contribution in [0.15, 0.2) is 18.5 Å². The van der Waals surface area contributed by atoms with Gasteiger partial charge < -0.3 is 10.6 Å². The highest BCUT2D eigenvalue weighted by molar-refractivity contribution is 5.72. The van der Waals surface area contributed by atoms with E-state index in [-0.39, 0.29) is 12.1 Å². The van der Waals surface area contributed by atoms with Crippen LogP contribution in [-0.2, 0) is 0 Å². The number of hydrogen-bond acceptors (Lipinski definition) is 2. The standard InChI is InChI=1S/C9H14N4O/c10-9(14)12-5-1-3-8(7-12)13-6-2-4-11-13/h2,4,6,8H,1,3,5,7H2,(H2,10,14). The van der Waals surface area contributed by atoms with Crippen LogP contribution in [0.5, 0.6) is 0 Å². The lowest BCUT2D eigenvalue weighted by Crippen LogP contribution is -2.43. The number of amides is 2. The molecule has 1 aliphatic rings. The SMILES string of the molecule is NC(=O)N1CCCC(n2cccn2)C1. The fourth-order valence-electron chi connectivity index (χ4n) is 1.87. The zero-order chi connectivity index (χ0) is 9.97. The molecule has 0 aromatic carbocycles. The molecule has 0 saturated carbocycles. The van der Waals surface area contributed by atoms with Crippen molar-refractivity contribution in [2.75, 3.05) is 13.1 Å². The highest BCUT2D eigenvalue weighted by atomic mass is 16.2. The summed E-state index contributed by atoms with van der Waals surface area (Å²) in [5.41, 5.74) is 5.24. The molecule has 2 N–H and O–H groups in total. The lowest BCUT2D eigenvalue weighted by Gasteiger charge is -2.31. The number of carbonyl (C=O) groups is 1.